The molecule has 0 atom stereocenters. The van der Waals surface area contributed by atoms with Crippen LogP contribution >= 0.6 is 11.6 Å². The lowest BCUT2D eigenvalue weighted by Gasteiger charge is -2.35. The van der Waals surface area contributed by atoms with E-state index in [1.807, 2.05) is 31.2 Å². The maximum absolute atomic E-state index is 12.7. The van der Waals surface area contributed by atoms with Crippen LogP contribution in [0.4, 0.5) is 5.69 Å². The fraction of sp³-hybridized carbons (Fsp3) is 0.450. The number of Topliss-reactive ketones (excluding diaryl/α,β-unsaturated/α-hetero) is 1. The summed E-state index contributed by atoms with van der Waals surface area (Å²) in [6.07, 6.45) is 0. The predicted molar refractivity (Wildman–Crippen MR) is 104 cm³/mol. The largest absolute Gasteiger partial charge is 0.369 e. The lowest BCUT2D eigenvalue weighted by atomic mass is 10.1. The Morgan fingerprint density at radius 1 is 1.12 bits per heavy atom. The Balaban J connectivity index is 1.60. The molecule has 5 heteroatoms. The van der Waals surface area contributed by atoms with Crippen molar-refractivity contribution in [1.29, 1.82) is 0 Å². The molecule has 0 unspecified atom stereocenters. The molecule has 1 fully saturated rings. The molecule has 1 saturated heterocycles. The molecule has 134 valence electrons. The molecule has 4 nitrogen and oxygen atoms in total. The van der Waals surface area contributed by atoms with Crippen molar-refractivity contribution in [1.82, 2.24) is 9.47 Å². The summed E-state index contributed by atoms with van der Waals surface area (Å²) in [5.74, 6) is 0.226. The first-order valence-corrected chi connectivity index (χ1v) is 9.30. The first kappa shape index (κ1) is 18.0. The van der Waals surface area contributed by atoms with Crippen LogP contribution in [0, 0.1) is 13.8 Å². The van der Waals surface area contributed by atoms with E-state index in [1.54, 1.807) is 0 Å². The average molecular weight is 360 g/mol. The lowest BCUT2D eigenvalue weighted by molar-refractivity contribution is 0.0925. The normalized spacial score (nSPS) is 15.6. The molecule has 0 bridgehead atoms. The number of hydrogen-bond donors (Lipinski definition) is 0. The van der Waals surface area contributed by atoms with Crippen molar-refractivity contribution >= 4 is 23.1 Å². The Hall–Kier alpha value is -1.78. The van der Waals surface area contributed by atoms with Crippen molar-refractivity contribution in [2.24, 2.45) is 0 Å². The number of aromatic nitrogens is 1. The van der Waals surface area contributed by atoms with Gasteiger partial charge in [0.1, 0.15) is 0 Å². The molecule has 0 spiro atoms. The van der Waals surface area contributed by atoms with Crippen molar-refractivity contribution in [3.8, 4) is 0 Å². The second-order valence-corrected chi connectivity index (χ2v) is 7.13. The van der Waals surface area contributed by atoms with E-state index in [0.717, 1.165) is 60.4 Å². The van der Waals surface area contributed by atoms with Gasteiger partial charge >= 0.3 is 0 Å². The number of rotatable bonds is 5. The van der Waals surface area contributed by atoms with Gasteiger partial charge in [-0.1, -0.05) is 17.7 Å². The molecular weight excluding hydrogens is 334 g/mol. The van der Waals surface area contributed by atoms with Gasteiger partial charge in [-0.05, 0) is 45.0 Å². The Bertz CT molecular complexity index is 760. The van der Waals surface area contributed by atoms with Crippen LogP contribution in [0.1, 0.15) is 28.7 Å². The number of piperazine rings is 1. The van der Waals surface area contributed by atoms with Gasteiger partial charge in [0.15, 0.2) is 5.78 Å². The first-order valence-electron chi connectivity index (χ1n) is 8.92. The number of halogens is 1. The molecule has 0 amide bonds. The Morgan fingerprint density at radius 3 is 2.44 bits per heavy atom. The average Bonchev–Trinajstić information content (AvgIpc) is 2.89. The van der Waals surface area contributed by atoms with E-state index in [2.05, 4.69) is 34.3 Å². The van der Waals surface area contributed by atoms with E-state index in [0.29, 0.717) is 6.54 Å². The smallest absolute Gasteiger partial charge is 0.178 e. The molecule has 25 heavy (non-hydrogen) atoms. The summed E-state index contributed by atoms with van der Waals surface area (Å²) in [6, 6.07) is 10.0. The number of ketones is 1. The molecule has 2 heterocycles. The lowest BCUT2D eigenvalue weighted by Crippen LogP contribution is -2.48. The van der Waals surface area contributed by atoms with Gasteiger partial charge in [-0.2, -0.15) is 0 Å². The van der Waals surface area contributed by atoms with Crippen LogP contribution in [0.25, 0.3) is 0 Å². The summed E-state index contributed by atoms with van der Waals surface area (Å²) in [5.41, 5.74) is 4.28. The highest BCUT2D eigenvalue weighted by Crippen LogP contribution is 2.21. The Kier molecular flexibility index (Phi) is 5.50. The van der Waals surface area contributed by atoms with Crippen LogP contribution in [0.2, 0.25) is 5.02 Å². The number of carbonyl (C=O) groups is 1. The third-order valence-electron chi connectivity index (χ3n) is 5.10. The van der Waals surface area contributed by atoms with Gasteiger partial charge in [-0.15, -0.1) is 0 Å². The molecule has 0 aliphatic carbocycles. The topological polar surface area (TPSA) is 28.5 Å². The minimum atomic E-state index is 0.226. The van der Waals surface area contributed by atoms with Crippen LogP contribution in [0.3, 0.4) is 0 Å². The van der Waals surface area contributed by atoms with Gasteiger partial charge in [0.05, 0.1) is 6.54 Å². The monoisotopic (exact) mass is 359 g/mol. The summed E-state index contributed by atoms with van der Waals surface area (Å²) in [7, 11) is 0. The summed E-state index contributed by atoms with van der Waals surface area (Å²) < 4.78 is 2.20. The number of benzene rings is 1. The highest BCUT2D eigenvalue weighted by atomic mass is 35.5. The van der Waals surface area contributed by atoms with Gasteiger partial charge in [-0.25, -0.2) is 0 Å². The van der Waals surface area contributed by atoms with Gasteiger partial charge < -0.3 is 9.47 Å². The summed E-state index contributed by atoms with van der Waals surface area (Å²) in [6.45, 7) is 11.3. The quantitative estimate of drug-likeness (QED) is 0.760. The molecule has 0 N–H and O–H groups in total. The maximum atomic E-state index is 12.7. The third kappa shape index (κ3) is 3.91. The van der Waals surface area contributed by atoms with Crippen molar-refractivity contribution in [2.45, 2.75) is 27.3 Å². The van der Waals surface area contributed by atoms with E-state index in [4.69, 9.17) is 11.6 Å². The standard InChI is InChI=1S/C20H26ClN3O/c1-4-24-15(2)12-19(16(24)3)20(25)14-22-8-10-23(11-9-22)18-7-5-6-17(21)13-18/h5-7,12-13H,4,8-11,14H2,1-3H3. The molecule has 1 aliphatic heterocycles. The minimum absolute atomic E-state index is 0.226. The van der Waals surface area contributed by atoms with E-state index < -0.39 is 0 Å². The number of carbonyl (C=O) groups excluding carboxylic acids is 1. The van der Waals surface area contributed by atoms with Crippen molar-refractivity contribution in [3.63, 3.8) is 0 Å². The molecule has 3 rings (SSSR count). The Morgan fingerprint density at radius 2 is 1.84 bits per heavy atom. The minimum Gasteiger partial charge on any atom is -0.369 e. The predicted octanol–water partition coefficient (Wildman–Crippen LogP) is 3.78. The molecule has 1 aromatic heterocycles. The molecule has 0 radical (unpaired) electrons. The van der Waals surface area contributed by atoms with Gasteiger partial charge in [0.2, 0.25) is 0 Å². The molecule has 0 saturated carbocycles. The number of anilines is 1. The highest BCUT2D eigenvalue weighted by Gasteiger charge is 2.22. The Labute approximate surface area is 155 Å². The zero-order chi connectivity index (χ0) is 18.0. The van der Waals surface area contributed by atoms with E-state index >= 15 is 0 Å². The number of nitrogens with zero attached hydrogens (tertiary/aromatic N) is 3. The highest BCUT2D eigenvalue weighted by molar-refractivity contribution is 6.30. The zero-order valence-electron chi connectivity index (χ0n) is 15.3. The third-order valence-corrected chi connectivity index (χ3v) is 5.34. The number of hydrogen-bond acceptors (Lipinski definition) is 3. The fourth-order valence-electron chi connectivity index (χ4n) is 3.70. The van der Waals surface area contributed by atoms with Crippen LogP contribution in [-0.4, -0.2) is 48.0 Å². The number of aryl methyl sites for hydroxylation is 1. The van der Waals surface area contributed by atoms with Crippen LogP contribution in [0.5, 0.6) is 0 Å². The van der Waals surface area contributed by atoms with E-state index in [1.165, 1.54) is 0 Å². The van der Waals surface area contributed by atoms with E-state index in [-0.39, 0.29) is 5.78 Å². The van der Waals surface area contributed by atoms with E-state index in [9.17, 15) is 4.79 Å². The molecule has 1 aromatic carbocycles. The SMILES string of the molecule is CCn1c(C)cc(C(=O)CN2CCN(c3cccc(Cl)c3)CC2)c1C. The van der Waals surface area contributed by atoms with Gasteiger partial charge in [0.25, 0.3) is 0 Å². The molecule has 2 aromatic rings. The van der Waals surface area contributed by atoms with Crippen LogP contribution in [-0.2, 0) is 6.54 Å². The summed E-state index contributed by atoms with van der Waals surface area (Å²) in [4.78, 5) is 17.3. The second kappa shape index (κ2) is 7.63. The fourth-order valence-corrected chi connectivity index (χ4v) is 3.88. The summed E-state index contributed by atoms with van der Waals surface area (Å²) in [5, 5.41) is 0.765. The van der Waals surface area contributed by atoms with Crippen molar-refractivity contribution in [3.05, 3.63) is 52.3 Å². The van der Waals surface area contributed by atoms with Crippen molar-refractivity contribution in [2.75, 3.05) is 37.6 Å². The second-order valence-electron chi connectivity index (χ2n) is 6.70. The summed E-state index contributed by atoms with van der Waals surface area (Å²) >= 11 is 6.09. The molecular formula is C20H26ClN3O. The molecule has 1 aliphatic rings. The van der Waals surface area contributed by atoms with Crippen molar-refractivity contribution < 1.29 is 4.79 Å². The zero-order valence-corrected chi connectivity index (χ0v) is 16.0. The van der Waals surface area contributed by atoms with Crippen LogP contribution in [0.15, 0.2) is 30.3 Å². The first-order chi connectivity index (χ1) is 12.0. The van der Waals surface area contributed by atoms with Gasteiger partial charge in [-0.3, -0.25) is 9.69 Å². The van der Waals surface area contributed by atoms with Gasteiger partial charge in [0, 0.05) is 60.4 Å². The maximum Gasteiger partial charge on any atom is 0.178 e. The van der Waals surface area contributed by atoms with Crippen LogP contribution < -0.4 is 4.90 Å².